The van der Waals surface area contributed by atoms with E-state index in [2.05, 4.69) is 15.1 Å². The summed E-state index contributed by atoms with van der Waals surface area (Å²) in [6, 6.07) is 11.2. The maximum Gasteiger partial charge on any atom is 0.331 e. The number of anilines is 1. The van der Waals surface area contributed by atoms with Crippen LogP contribution in [0.2, 0.25) is 5.15 Å². The van der Waals surface area contributed by atoms with Gasteiger partial charge in [-0.25, -0.2) is 19.4 Å². The number of benzene rings is 1. The lowest BCUT2D eigenvalue weighted by molar-refractivity contribution is -0.148. The molecule has 0 spiro atoms. The Kier molecular flexibility index (Phi) is 6.99. The van der Waals surface area contributed by atoms with Crippen LogP contribution in [0.15, 0.2) is 54.9 Å². The fourth-order valence-electron chi connectivity index (χ4n) is 3.47. The van der Waals surface area contributed by atoms with Crippen molar-refractivity contribution in [2.24, 2.45) is 0 Å². The zero-order chi connectivity index (χ0) is 23.2. The standard InChI is InChI=1S/C23H23ClN6O3/c1-17-19(22(24)30(27-17)18-6-3-2-4-7-18)8-9-21(32)33-16-20(31)28-12-14-29(15-13-28)23-25-10-5-11-26-23/h2-11H,12-16H2,1H3/b9-8+. The zero-order valence-corrected chi connectivity index (χ0v) is 18.9. The van der Waals surface area contributed by atoms with E-state index in [1.165, 1.54) is 6.08 Å². The second-order valence-electron chi connectivity index (χ2n) is 7.39. The molecule has 1 amide bonds. The van der Waals surface area contributed by atoms with Crippen molar-refractivity contribution < 1.29 is 14.3 Å². The van der Waals surface area contributed by atoms with Crippen molar-refractivity contribution in [1.29, 1.82) is 0 Å². The van der Waals surface area contributed by atoms with Gasteiger partial charge < -0.3 is 14.5 Å². The molecule has 2 aromatic heterocycles. The second kappa shape index (κ2) is 10.3. The average Bonchev–Trinajstić information content (AvgIpc) is 3.15. The van der Waals surface area contributed by atoms with Crippen molar-refractivity contribution in [3.63, 3.8) is 0 Å². The van der Waals surface area contributed by atoms with Crippen LogP contribution in [-0.2, 0) is 14.3 Å². The zero-order valence-electron chi connectivity index (χ0n) is 18.1. The Labute approximate surface area is 196 Å². The summed E-state index contributed by atoms with van der Waals surface area (Å²) in [6.45, 7) is 3.75. The van der Waals surface area contributed by atoms with Crippen LogP contribution in [0.25, 0.3) is 11.8 Å². The summed E-state index contributed by atoms with van der Waals surface area (Å²) in [5.74, 6) is -0.218. The van der Waals surface area contributed by atoms with Crippen LogP contribution in [-0.4, -0.2) is 69.3 Å². The van der Waals surface area contributed by atoms with Crippen LogP contribution in [0.5, 0.6) is 0 Å². The summed E-state index contributed by atoms with van der Waals surface area (Å²) in [5.41, 5.74) is 2.10. The smallest absolute Gasteiger partial charge is 0.331 e. The van der Waals surface area contributed by atoms with Crippen molar-refractivity contribution in [3.05, 3.63) is 71.3 Å². The number of para-hydroxylation sites is 1. The summed E-state index contributed by atoms with van der Waals surface area (Å²) in [4.78, 5) is 36.7. The van der Waals surface area contributed by atoms with E-state index in [-0.39, 0.29) is 12.5 Å². The van der Waals surface area contributed by atoms with Crippen LogP contribution in [0.4, 0.5) is 5.95 Å². The lowest BCUT2D eigenvalue weighted by Crippen LogP contribution is -2.50. The lowest BCUT2D eigenvalue weighted by atomic mass is 10.2. The summed E-state index contributed by atoms with van der Waals surface area (Å²) < 4.78 is 6.74. The van der Waals surface area contributed by atoms with E-state index in [9.17, 15) is 9.59 Å². The van der Waals surface area contributed by atoms with Gasteiger partial charge in [0.1, 0.15) is 5.15 Å². The van der Waals surface area contributed by atoms with Gasteiger partial charge >= 0.3 is 5.97 Å². The van der Waals surface area contributed by atoms with E-state index in [4.69, 9.17) is 16.3 Å². The van der Waals surface area contributed by atoms with Crippen molar-refractivity contribution in [3.8, 4) is 5.69 Å². The quantitative estimate of drug-likeness (QED) is 0.407. The first-order chi connectivity index (χ1) is 16.0. The van der Waals surface area contributed by atoms with Crippen molar-refractivity contribution >= 4 is 35.5 Å². The first-order valence-electron chi connectivity index (χ1n) is 10.5. The van der Waals surface area contributed by atoms with Crippen LogP contribution in [0.3, 0.4) is 0 Å². The van der Waals surface area contributed by atoms with Gasteiger partial charge in [-0.15, -0.1) is 0 Å². The maximum atomic E-state index is 12.4. The molecule has 0 N–H and O–H groups in total. The van der Waals surface area contributed by atoms with E-state index < -0.39 is 5.97 Å². The maximum absolute atomic E-state index is 12.4. The number of nitrogens with zero attached hydrogens (tertiary/aromatic N) is 6. The Morgan fingerprint density at radius 3 is 2.45 bits per heavy atom. The van der Waals surface area contributed by atoms with Gasteiger partial charge in [-0.05, 0) is 31.2 Å². The van der Waals surface area contributed by atoms with E-state index in [0.29, 0.717) is 48.5 Å². The van der Waals surface area contributed by atoms with Crippen LogP contribution in [0, 0.1) is 6.92 Å². The first kappa shape index (κ1) is 22.5. The Bertz CT molecular complexity index is 1140. The van der Waals surface area contributed by atoms with Crippen molar-refractivity contribution in [2.75, 3.05) is 37.7 Å². The number of aryl methyl sites for hydroxylation is 1. The summed E-state index contributed by atoms with van der Waals surface area (Å²) in [5, 5.41) is 4.82. The van der Waals surface area contributed by atoms with E-state index in [1.807, 2.05) is 35.2 Å². The summed E-state index contributed by atoms with van der Waals surface area (Å²) >= 11 is 6.46. The number of rotatable bonds is 6. The van der Waals surface area contributed by atoms with E-state index >= 15 is 0 Å². The molecule has 0 aliphatic carbocycles. The molecule has 0 saturated carbocycles. The third kappa shape index (κ3) is 5.38. The molecule has 3 aromatic rings. The Morgan fingerprint density at radius 1 is 1.06 bits per heavy atom. The fraction of sp³-hybridized carbons (Fsp3) is 0.261. The van der Waals surface area contributed by atoms with Crippen LogP contribution in [0.1, 0.15) is 11.3 Å². The van der Waals surface area contributed by atoms with Gasteiger partial charge in [0.25, 0.3) is 5.91 Å². The van der Waals surface area contributed by atoms with Gasteiger partial charge in [-0.1, -0.05) is 29.8 Å². The number of aromatic nitrogens is 4. The Morgan fingerprint density at radius 2 is 1.76 bits per heavy atom. The fourth-order valence-corrected chi connectivity index (χ4v) is 3.81. The molecule has 0 unspecified atom stereocenters. The van der Waals surface area contributed by atoms with Gasteiger partial charge in [0.2, 0.25) is 5.95 Å². The summed E-state index contributed by atoms with van der Waals surface area (Å²) in [7, 11) is 0. The topological polar surface area (TPSA) is 93.5 Å². The molecule has 0 bridgehead atoms. The van der Waals surface area contributed by atoms with Crippen molar-refractivity contribution in [2.45, 2.75) is 6.92 Å². The molecule has 1 fully saturated rings. The number of hydrogen-bond acceptors (Lipinski definition) is 7. The second-order valence-corrected chi connectivity index (χ2v) is 7.75. The monoisotopic (exact) mass is 466 g/mol. The van der Waals surface area contributed by atoms with Gasteiger partial charge in [0, 0.05) is 50.2 Å². The van der Waals surface area contributed by atoms with E-state index in [0.717, 1.165) is 5.69 Å². The highest BCUT2D eigenvalue weighted by Crippen LogP contribution is 2.24. The molecule has 0 atom stereocenters. The molecule has 1 aliphatic rings. The minimum Gasteiger partial charge on any atom is -0.452 e. The van der Waals surface area contributed by atoms with Gasteiger partial charge in [-0.2, -0.15) is 5.10 Å². The van der Waals surface area contributed by atoms with Crippen LogP contribution < -0.4 is 4.90 Å². The summed E-state index contributed by atoms with van der Waals surface area (Å²) in [6.07, 6.45) is 6.18. The number of ether oxygens (including phenoxy) is 1. The Balaban J connectivity index is 1.28. The van der Waals surface area contributed by atoms with Gasteiger partial charge in [-0.3, -0.25) is 4.79 Å². The van der Waals surface area contributed by atoms with Gasteiger partial charge in [0.15, 0.2) is 6.61 Å². The SMILES string of the molecule is Cc1nn(-c2ccccc2)c(Cl)c1/C=C/C(=O)OCC(=O)N1CCN(c2ncccn2)CC1. The number of carbonyl (C=O) groups is 2. The number of carbonyl (C=O) groups excluding carboxylic acids is 2. The molecule has 1 aromatic carbocycles. The Hall–Kier alpha value is -3.72. The largest absolute Gasteiger partial charge is 0.452 e. The number of halogens is 1. The molecule has 4 rings (SSSR count). The van der Waals surface area contributed by atoms with Gasteiger partial charge in [0.05, 0.1) is 11.4 Å². The molecular weight excluding hydrogens is 444 g/mol. The predicted molar refractivity (Wildman–Crippen MR) is 124 cm³/mol. The number of hydrogen-bond donors (Lipinski definition) is 0. The molecule has 3 heterocycles. The van der Waals surface area contributed by atoms with E-state index in [1.54, 1.807) is 41.0 Å². The highest BCUT2D eigenvalue weighted by molar-refractivity contribution is 6.31. The third-order valence-electron chi connectivity index (χ3n) is 5.24. The molecule has 9 nitrogen and oxygen atoms in total. The highest BCUT2D eigenvalue weighted by atomic mass is 35.5. The normalized spacial score (nSPS) is 14.0. The minimum absolute atomic E-state index is 0.239. The van der Waals surface area contributed by atoms with Crippen molar-refractivity contribution in [1.82, 2.24) is 24.6 Å². The predicted octanol–water partition coefficient (Wildman–Crippen LogP) is 2.53. The first-order valence-corrected chi connectivity index (χ1v) is 10.9. The molecule has 1 aliphatic heterocycles. The molecule has 170 valence electrons. The molecule has 1 saturated heterocycles. The highest BCUT2D eigenvalue weighted by Gasteiger charge is 2.23. The molecular formula is C23H23ClN6O3. The molecule has 0 radical (unpaired) electrons. The minimum atomic E-state index is -0.623. The number of esters is 1. The number of amides is 1. The molecule has 10 heteroatoms. The lowest BCUT2D eigenvalue weighted by Gasteiger charge is -2.34. The number of piperazine rings is 1. The van der Waals surface area contributed by atoms with Crippen LogP contribution >= 0.6 is 11.6 Å². The molecule has 33 heavy (non-hydrogen) atoms. The average molecular weight is 467 g/mol. The third-order valence-corrected chi connectivity index (χ3v) is 5.60.